The predicted molar refractivity (Wildman–Crippen MR) is 110 cm³/mol. The zero-order valence-electron chi connectivity index (χ0n) is 15.0. The van der Waals surface area contributed by atoms with E-state index < -0.39 is 0 Å². The van der Waals surface area contributed by atoms with Crippen LogP contribution in [0.2, 0.25) is 5.02 Å². The predicted octanol–water partition coefficient (Wildman–Crippen LogP) is 5.88. The van der Waals surface area contributed by atoms with Crippen LogP contribution in [0.4, 0.5) is 5.69 Å². The molecule has 5 heteroatoms. The largest absolute Gasteiger partial charge is 0.450 e. The van der Waals surface area contributed by atoms with Crippen LogP contribution in [0.1, 0.15) is 32.0 Å². The van der Waals surface area contributed by atoms with E-state index in [1.807, 2.05) is 31.2 Å². The summed E-state index contributed by atoms with van der Waals surface area (Å²) in [6.45, 7) is 1.95. The van der Waals surface area contributed by atoms with Crippen LogP contribution in [0.25, 0.3) is 11.0 Å². The molecule has 4 rings (SSSR count). The lowest BCUT2D eigenvalue weighted by atomic mass is 10.1. The zero-order valence-corrected chi connectivity index (χ0v) is 15.8. The molecule has 4 aromatic rings. The highest BCUT2D eigenvalue weighted by atomic mass is 35.5. The first kappa shape index (κ1) is 18.0. The summed E-state index contributed by atoms with van der Waals surface area (Å²) in [5, 5.41) is 3.95. The van der Waals surface area contributed by atoms with Gasteiger partial charge in [0.1, 0.15) is 5.58 Å². The van der Waals surface area contributed by atoms with Crippen LogP contribution in [0, 0.1) is 6.92 Å². The van der Waals surface area contributed by atoms with Gasteiger partial charge in [-0.25, -0.2) is 0 Å². The number of aryl methyl sites for hydroxylation is 1. The van der Waals surface area contributed by atoms with Crippen LogP contribution < -0.4 is 5.32 Å². The van der Waals surface area contributed by atoms with E-state index >= 15 is 0 Å². The third kappa shape index (κ3) is 3.42. The number of rotatable bonds is 4. The molecular formula is C23H16ClNO3. The van der Waals surface area contributed by atoms with Gasteiger partial charge in [0.15, 0.2) is 5.76 Å². The van der Waals surface area contributed by atoms with Crippen molar-refractivity contribution in [3.8, 4) is 0 Å². The number of para-hydroxylation sites is 1. The second-order valence-electron chi connectivity index (χ2n) is 6.46. The summed E-state index contributed by atoms with van der Waals surface area (Å²) in [7, 11) is 0. The van der Waals surface area contributed by atoms with Crippen molar-refractivity contribution < 1.29 is 14.0 Å². The van der Waals surface area contributed by atoms with Gasteiger partial charge in [-0.15, -0.1) is 0 Å². The van der Waals surface area contributed by atoms with Crippen LogP contribution in [0.3, 0.4) is 0 Å². The molecule has 0 radical (unpaired) electrons. The van der Waals surface area contributed by atoms with Gasteiger partial charge in [-0.1, -0.05) is 59.6 Å². The number of furan rings is 1. The van der Waals surface area contributed by atoms with Gasteiger partial charge in [0.05, 0.1) is 5.69 Å². The van der Waals surface area contributed by atoms with E-state index in [1.54, 1.807) is 48.5 Å². The second-order valence-corrected chi connectivity index (χ2v) is 6.90. The molecule has 3 aromatic carbocycles. The second kappa shape index (κ2) is 7.33. The van der Waals surface area contributed by atoms with Gasteiger partial charge in [-0.3, -0.25) is 9.59 Å². The lowest BCUT2D eigenvalue weighted by Gasteiger charge is -2.07. The lowest BCUT2D eigenvalue weighted by Crippen LogP contribution is -2.14. The Balaban J connectivity index is 1.78. The Morgan fingerprint density at radius 1 is 0.893 bits per heavy atom. The number of hydrogen-bond donors (Lipinski definition) is 1. The fraction of sp³-hybridized carbons (Fsp3) is 0.0435. The van der Waals surface area contributed by atoms with E-state index in [9.17, 15) is 9.59 Å². The average Bonchev–Trinajstić information content (AvgIpc) is 3.06. The van der Waals surface area contributed by atoms with E-state index in [1.165, 1.54) is 0 Å². The van der Waals surface area contributed by atoms with E-state index in [-0.39, 0.29) is 17.5 Å². The summed E-state index contributed by atoms with van der Waals surface area (Å²) in [5.41, 5.74) is 2.82. The van der Waals surface area contributed by atoms with Crippen LogP contribution in [0.5, 0.6) is 0 Å². The highest BCUT2D eigenvalue weighted by Gasteiger charge is 2.23. The molecule has 0 saturated heterocycles. The molecule has 0 fully saturated rings. The van der Waals surface area contributed by atoms with Crippen molar-refractivity contribution >= 4 is 39.9 Å². The molecule has 0 aliphatic carbocycles. The van der Waals surface area contributed by atoms with Crippen molar-refractivity contribution in [3.63, 3.8) is 0 Å². The van der Waals surface area contributed by atoms with Crippen molar-refractivity contribution in [1.29, 1.82) is 0 Å². The highest BCUT2D eigenvalue weighted by molar-refractivity contribution is 6.31. The molecule has 0 saturated carbocycles. The summed E-state index contributed by atoms with van der Waals surface area (Å²) in [6, 6.07) is 21.0. The number of carbonyl (C=O) groups is 2. The molecule has 0 bridgehead atoms. The highest BCUT2D eigenvalue weighted by Crippen LogP contribution is 2.33. The number of amides is 1. The molecule has 1 heterocycles. The first-order valence-corrected chi connectivity index (χ1v) is 9.10. The molecule has 1 N–H and O–H groups in total. The Kier molecular flexibility index (Phi) is 4.72. The summed E-state index contributed by atoms with van der Waals surface area (Å²) in [5.74, 6) is -0.565. The first-order chi connectivity index (χ1) is 13.5. The summed E-state index contributed by atoms with van der Waals surface area (Å²) in [6.07, 6.45) is 0. The third-order valence-corrected chi connectivity index (χ3v) is 4.68. The van der Waals surface area contributed by atoms with Crippen LogP contribution in [-0.4, -0.2) is 11.7 Å². The van der Waals surface area contributed by atoms with Crippen molar-refractivity contribution in [2.45, 2.75) is 6.92 Å². The van der Waals surface area contributed by atoms with E-state index in [2.05, 4.69) is 5.32 Å². The molecule has 0 aliphatic heterocycles. The third-order valence-electron chi connectivity index (χ3n) is 4.44. The fourth-order valence-electron chi connectivity index (χ4n) is 2.98. The molecular weight excluding hydrogens is 374 g/mol. The first-order valence-electron chi connectivity index (χ1n) is 8.73. The SMILES string of the molecule is Cc1ccc(C(=O)c2oc3ccccc3c2NC(=O)c2cccc(Cl)c2)cc1. The number of anilines is 1. The molecule has 0 aliphatic rings. The van der Waals surface area contributed by atoms with Crippen LogP contribution in [-0.2, 0) is 0 Å². The van der Waals surface area contributed by atoms with Gasteiger partial charge in [-0.2, -0.15) is 0 Å². The van der Waals surface area contributed by atoms with Crippen molar-refractivity contribution in [2.24, 2.45) is 0 Å². The van der Waals surface area contributed by atoms with Crippen molar-refractivity contribution in [3.05, 3.63) is 100 Å². The Labute approximate surface area is 166 Å². The van der Waals surface area contributed by atoms with Crippen LogP contribution >= 0.6 is 11.6 Å². The Morgan fingerprint density at radius 3 is 2.39 bits per heavy atom. The number of benzene rings is 3. The van der Waals surface area contributed by atoms with Gasteiger partial charge in [-0.05, 0) is 37.3 Å². The van der Waals surface area contributed by atoms with Gasteiger partial charge in [0.25, 0.3) is 5.91 Å². The van der Waals surface area contributed by atoms with Crippen LogP contribution in [0.15, 0.2) is 77.2 Å². The van der Waals surface area contributed by atoms with Crippen molar-refractivity contribution in [1.82, 2.24) is 0 Å². The number of fused-ring (bicyclic) bond motifs is 1. The number of carbonyl (C=O) groups excluding carboxylic acids is 2. The normalized spacial score (nSPS) is 10.8. The van der Waals surface area contributed by atoms with Crippen molar-refractivity contribution in [2.75, 3.05) is 5.32 Å². The summed E-state index contributed by atoms with van der Waals surface area (Å²) in [4.78, 5) is 25.8. The number of ketones is 1. The topological polar surface area (TPSA) is 59.3 Å². The Bertz CT molecular complexity index is 1190. The molecule has 1 amide bonds. The number of hydrogen-bond acceptors (Lipinski definition) is 3. The fourth-order valence-corrected chi connectivity index (χ4v) is 3.17. The maximum Gasteiger partial charge on any atom is 0.255 e. The Hall–Kier alpha value is -3.37. The zero-order chi connectivity index (χ0) is 19.7. The molecule has 0 spiro atoms. The standard InChI is InChI=1S/C23H16ClNO3/c1-14-9-11-15(12-10-14)21(26)22-20(18-7-2-3-8-19(18)28-22)25-23(27)16-5-4-6-17(24)13-16/h2-13H,1H3,(H,25,27). The molecule has 0 unspecified atom stereocenters. The van der Waals surface area contributed by atoms with E-state index in [0.29, 0.717) is 32.8 Å². The van der Waals surface area contributed by atoms with E-state index in [4.69, 9.17) is 16.0 Å². The number of halogens is 1. The monoisotopic (exact) mass is 389 g/mol. The molecule has 0 atom stereocenters. The molecule has 1 aromatic heterocycles. The summed E-state index contributed by atoms with van der Waals surface area (Å²) >= 11 is 5.99. The molecule has 138 valence electrons. The minimum Gasteiger partial charge on any atom is -0.450 e. The maximum atomic E-state index is 13.1. The lowest BCUT2D eigenvalue weighted by molar-refractivity contribution is 0.101. The maximum absolute atomic E-state index is 13.1. The quantitative estimate of drug-likeness (QED) is 0.443. The number of nitrogens with one attached hydrogen (secondary N) is 1. The molecule has 28 heavy (non-hydrogen) atoms. The van der Waals surface area contributed by atoms with E-state index in [0.717, 1.165) is 5.56 Å². The van der Waals surface area contributed by atoms with Gasteiger partial charge < -0.3 is 9.73 Å². The minimum absolute atomic E-state index is 0.0976. The Morgan fingerprint density at radius 2 is 1.64 bits per heavy atom. The smallest absolute Gasteiger partial charge is 0.255 e. The van der Waals surface area contributed by atoms with Gasteiger partial charge >= 0.3 is 0 Å². The average molecular weight is 390 g/mol. The molecule has 4 nitrogen and oxygen atoms in total. The van der Waals surface area contributed by atoms with Gasteiger partial charge in [0.2, 0.25) is 5.78 Å². The minimum atomic E-state index is -0.369. The van der Waals surface area contributed by atoms with Gasteiger partial charge in [0, 0.05) is 21.5 Å². The summed E-state index contributed by atoms with van der Waals surface area (Å²) < 4.78 is 5.82.